The first-order valence-corrected chi connectivity index (χ1v) is 7.44. The molecule has 1 atom stereocenters. The van der Waals surface area contributed by atoms with Crippen LogP contribution in [0.1, 0.15) is 48.7 Å². The van der Waals surface area contributed by atoms with Crippen molar-refractivity contribution in [3.63, 3.8) is 0 Å². The van der Waals surface area contributed by atoms with Crippen molar-refractivity contribution in [3.8, 4) is 0 Å². The summed E-state index contributed by atoms with van der Waals surface area (Å²) in [4.78, 5) is 18.8. The maximum atomic E-state index is 12.7. The Morgan fingerprint density at radius 2 is 2.33 bits per heavy atom. The highest BCUT2D eigenvalue weighted by atomic mass is 16.3. The number of piperidine rings is 1. The number of carbonyl (C=O) groups is 1. The van der Waals surface area contributed by atoms with Crippen molar-refractivity contribution in [2.45, 2.75) is 32.6 Å². The number of hydrazine groups is 1. The van der Waals surface area contributed by atoms with E-state index in [0.29, 0.717) is 17.9 Å². The number of nitrogens with one attached hydrogen (secondary N) is 1. The number of hydrogen-bond donors (Lipinski definition) is 3. The summed E-state index contributed by atoms with van der Waals surface area (Å²) < 4.78 is 0. The van der Waals surface area contributed by atoms with Gasteiger partial charge in [0.1, 0.15) is 5.82 Å². The fourth-order valence-electron chi connectivity index (χ4n) is 2.63. The standard InChI is InChI=1S/C15H24N4O2/c1-10(2)13-6-12(7-14(17-13)18-16)15(21)19-5-3-4-11(8-19)9-20/h6-7,10-11,20H,3-5,8-9,16H2,1-2H3,(H,17,18). The van der Waals surface area contributed by atoms with Gasteiger partial charge in [0.25, 0.3) is 5.91 Å². The minimum atomic E-state index is -0.0195. The molecular weight excluding hydrogens is 268 g/mol. The average molecular weight is 292 g/mol. The van der Waals surface area contributed by atoms with Gasteiger partial charge in [-0.3, -0.25) is 4.79 Å². The second-order valence-corrected chi connectivity index (χ2v) is 5.91. The first-order valence-electron chi connectivity index (χ1n) is 7.44. The van der Waals surface area contributed by atoms with E-state index < -0.39 is 0 Å². The number of carbonyl (C=O) groups excluding carboxylic acids is 1. The number of amides is 1. The summed E-state index contributed by atoms with van der Waals surface area (Å²) in [7, 11) is 0. The number of nitrogen functional groups attached to an aromatic ring is 1. The molecule has 1 fully saturated rings. The van der Waals surface area contributed by atoms with E-state index in [2.05, 4.69) is 10.4 Å². The Kier molecular flexibility index (Phi) is 5.14. The molecule has 0 saturated carbocycles. The molecular formula is C15H24N4O2. The van der Waals surface area contributed by atoms with Gasteiger partial charge in [-0.05, 0) is 36.8 Å². The van der Waals surface area contributed by atoms with E-state index in [9.17, 15) is 9.90 Å². The Labute approximate surface area is 125 Å². The van der Waals surface area contributed by atoms with E-state index in [-0.39, 0.29) is 24.3 Å². The van der Waals surface area contributed by atoms with Crippen molar-refractivity contribution in [1.82, 2.24) is 9.88 Å². The predicted octanol–water partition coefficient (Wildman–Crippen LogP) is 1.34. The number of aliphatic hydroxyl groups is 1. The molecule has 2 rings (SSSR count). The van der Waals surface area contributed by atoms with Gasteiger partial charge in [-0.15, -0.1) is 0 Å². The maximum Gasteiger partial charge on any atom is 0.254 e. The van der Waals surface area contributed by atoms with Crippen molar-refractivity contribution < 1.29 is 9.90 Å². The van der Waals surface area contributed by atoms with Gasteiger partial charge in [0.15, 0.2) is 0 Å². The number of likely N-dealkylation sites (tertiary alicyclic amines) is 1. The van der Waals surface area contributed by atoms with E-state index in [1.807, 2.05) is 24.8 Å². The number of nitrogens with two attached hydrogens (primary N) is 1. The van der Waals surface area contributed by atoms with Crippen molar-refractivity contribution >= 4 is 11.7 Å². The molecule has 0 aliphatic carbocycles. The summed E-state index contributed by atoms with van der Waals surface area (Å²) in [5.41, 5.74) is 3.95. The summed E-state index contributed by atoms with van der Waals surface area (Å²) >= 11 is 0. The number of aromatic nitrogens is 1. The minimum Gasteiger partial charge on any atom is -0.396 e. The fraction of sp³-hybridized carbons (Fsp3) is 0.600. The van der Waals surface area contributed by atoms with Crippen LogP contribution in [0.4, 0.5) is 5.82 Å². The molecule has 1 aromatic rings. The van der Waals surface area contributed by atoms with Crippen molar-refractivity contribution in [2.24, 2.45) is 11.8 Å². The van der Waals surface area contributed by atoms with Crippen LogP contribution >= 0.6 is 0 Å². The summed E-state index contributed by atoms with van der Waals surface area (Å²) in [5.74, 6) is 6.32. The lowest BCUT2D eigenvalue weighted by Gasteiger charge is -2.32. The highest BCUT2D eigenvalue weighted by molar-refractivity contribution is 5.95. The molecule has 6 nitrogen and oxygen atoms in total. The molecule has 116 valence electrons. The second kappa shape index (κ2) is 6.87. The van der Waals surface area contributed by atoms with Crippen LogP contribution in [0.2, 0.25) is 0 Å². The molecule has 1 unspecified atom stereocenters. The number of hydrogen-bond acceptors (Lipinski definition) is 5. The SMILES string of the molecule is CC(C)c1cc(C(=O)N2CCCC(CO)C2)cc(NN)n1. The highest BCUT2D eigenvalue weighted by Crippen LogP contribution is 2.21. The molecule has 6 heteroatoms. The zero-order valence-corrected chi connectivity index (χ0v) is 12.7. The normalized spacial score (nSPS) is 18.9. The Bertz CT molecular complexity index is 504. The van der Waals surface area contributed by atoms with E-state index in [4.69, 9.17) is 5.84 Å². The van der Waals surface area contributed by atoms with E-state index in [1.54, 1.807) is 6.07 Å². The molecule has 2 heterocycles. The van der Waals surface area contributed by atoms with Crippen LogP contribution in [0.3, 0.4) is 0 Å². The second-order valence-electron chi connectivity index (χ2n) is 5.91. The summed E-state index contributed by atoms with van der Waals surface area (Å²) in [6.45, 7) is 5.53. The number of aliphatic hydroxyl groups excluding tert-OH is 1. The third-order valence-electron chi connectivity index (χ3n) is 3.90. The summed E-state index contributed by atoms with van der Waals surface area (Å²) in [5, 5.41) is 9.29. The molecule has 0 aromatic carbocycles. The largest absolute Gasteiger partial charge is 0.396 e. The highest BCUT2D eigenvalue weighted by Gasteiger charge is 2.24. The third-order valence-corrected chi connectivity index (χ3v) is 3.90. The van der Waals surface area contributed by atoms with Gasteiger partial charge in [0.2, 0.25) is 0 Å². The van der Waals surface area contributed by atoms with Crippen LogP contribution in [0.5, 0.6) is 0 Å². The maximum absolute atomic E-state index is 12.7. The minimum absolute atomic E-state index is 0.0195. The predicted molar refractivity (Wildman–Crippen MR) is 81.8 cm³/mol. The monoisotopic (exact) mass is 292 g/mol. The number of pyridine rings is 1. The van der Waals surface area contributed by atoms with Crippen LogP contribution in [-0.4, -0.2) is 40.6 Å². The Balaban J connectivity index is 2.23. The Morgan fingerprint density at radius 3 is 2.95 bits per heavy atom. The van der Waals surface area contributed by atoms with Gasteiger partial charge in [-0.1, -0.05) is 13.8 Å². The van der Waals surface area contributed by atoms with E-state index in [1.165, 1.54) is 0 Å². The Hall–Kier alpha value is -1.66. The molecule has 1 aliphatic rings. The van der Waals surface area contributed by atoms with E-state index >= 15 is 0 Å². The van der Waals surface area contributed by atoms with Gasteiger partial charge in [0, 0.05) is 31.0 Å². The molecule has 4 N–H and O–H groups in total. The topological polar surface area (TPSA) is 91.5 Å². The van der Waals surface area contributed by atoms with Crippen LogP contribution < -0.4 is 11.3 Å². The van der Waals surface area contributed by atoms with Crippen LogP contribution in [-0.2, 0) is 0 Å². The summed E-state index contributed by atoms with van der Waals surface area (Å²) in [6, 6.07) is 3.51. The van der Waals surface area contributed by atoms with Gasteiger partial charge < -0.3 is 15.4 Å². The summed E-state index contributed by atoms with van der Waals surface area (Å²) in [6.07, 6.45) is 1.91. The Morgan fingerprint density at radius 1 is 1.57 bits per heavy atom. The number of rotatable bonds is 4. The quantitative estimate of drug-likeness (QED) is 0.575. The van der Waals surface area contributed by atoms with Crippen LogP contribution in [0.15, 0.2) is 12.1 Å². The van der Waals surface area contributed by atoms with Gasteiger partial charge in [0.05, 0.1) is 0 Å². The zero-order valence-electron chi connectivity index (χ0n) is 12.7. The fourth-order valence-corrected chi connectivity index (χ4v) is 2.63. The first kappa shape index (κ1) is 15.7. The molecule has 0 radical (unpaired) electrons. The molecule has 1 amide bonds. The lowest BCUT2D eigenvalue weighted by molar-refractivity contribution is 0.0620. The molecule has 1 saturated heterocycles. The van der Waals surface area contributed by atoms with Crippen molar-refractivity contribution in [2.75, 3.05) is 25.1 Å². The van der Waals surface area contributed by atoms with Crippen molar-refractivity contribution in [3.05, 3.63) is 23.4 Å². The lowest BCUT2D eigenvalue weighted by Crippen LogP contribution is -2.41. The smallest absolute Gasteiger partial charge is 0.254 e. The molecule has 1 aromatic heterocycles. The number of anilines is 1. The molecule has 1 aliphatic heterocycles. The molecule has 0 bridgehead atoms. The van der Waals surface area contributed by atoms with Crippen LogP contribution in [0, 0.1) is 5.92 Å². The van der Waals surface area contributed by atoms with Gasteiger partial charge >= 0.3 is 0 Å². The van der Waals surface area contributed by atoms with Crippen molar-refractivity contribution in [1.29, 1.82) is 0 Å². The van der Waals surface area contributed by atoms with Gasteiger partial charge in [-0.2, -0.15) is 0 Å². The first-order chi connectivity index (χ1) is 10.0. The molecule has 0 spiro atoms. The van der Waals surface area contributed by atoms with Crippen LogP contribution in [0.25, 0.3) is 0 Å². The lowest BCUT2D eigenvalue weighted by atomic mass is 9.98. The molecule has 21 heavy (non-hydrogen) atoms. The van der Waals surface area contributed by atoms with E-state index in [0.717, 1.165) is 25.1 Å². The zero-order chi connectivity index (χ0) is 15.4. The number of nitrogens with zero attached hydrogens (tertiary/aromatic N) is 2. The third kappa shape index (κ3) is 3.71. The average Bonchev–Trinajstić information content (AvgIpc) is 2.53. The van der Waals surface area contributed by atoms with Gasteiger partial charge in [-0.25, -0.2) is 10.8 Å².